The first kappa shape index (κ1) is 17.5. The first-order chi connectivity index (χ1) is 10.8. The van der Waals surface area contributed by atoms with Gasteiger partial charge in [0.05, 0.1) is 12.1 Å². The van der Waals surface area contributed by atoms with Crippen molar-refractivity contribution in [1.82, 2.24) is 5.32 Å². The summed E-state index contributed by atoms with van der Waals surface area (Å²) in [4.78, 5) is 11.9. The molecule has 2 rings (SSSR count). The number of aliphatic hydroxyl groups is 1. The second-order valence-corrected chi connectivity index (χ2v) is 7.24. The lowest BCUT2D eigenvalue weighted by Crippen LogP contribution is -2.43. The summed E-state index contributed by atoms with van der Waals surface area (Å²) in [5.41, 5.74) is 0.404. The normalized spacial score (nSPS) is 21.0. The summed E-state index contributed by atoms with van der Waals surface area (Å²) in [5, 5.41) is 13.0. The van der Waals surface area contributed by atoms with Gasteiger partial charge in [0.1, 0.15) is 5.75 Å². The summed E-state index contributed by atoms with van der Waals surface area (Å²) in [7, 11) is 0. The number of hydrogen-bond donors (Lipinski definition) is 2. The molecule has 1 aliphatic carbocycles. The van der Waals surface area contributed by atoms with E-state index in [1.54, 1.807) is 6.08 Å². The summed E-state index contributed by atoms with van der Waals surface area (Å²) in [6, 6.07) is 7.79. The van der Waals surface area contributed by atoms with Crippen molar-refractivity contribution in [2.75, 3.05) is 13.2 Å². The molecule has 1 atom stereocenters. The second kappa shape index (κ2) is 7.18. The third-order valence-electron chi connectivity index (χ3n) is 4.09. The van der Waals surface area contributed by atoms with E-state index in [9.17, 15) is 9.90 Å². The molecule has 0 aliphatic heterocycles. The van der Waals surface area contributed by atoms with Crippen LogP contribution in [-0.4, -0.2) is 29.8 Å². The summed E-state index contributed by atoms with van der Waals surface area (Å²) >= 11 is 0. The van der Waals surface area contributed by atoms with Crippen LogP contribution in [0.4, 0.5) is 0 Å². The molecule has 0 heterocycles. The zero-order chi connectivity index (χ0) is 16.9. The third kappa shape index (κ3) is 5.39. The van der Waals surface area contributed by atoms with E-state index >= 15 is 0 Å². The van der Waals surface area contributed by atoms with E-state index in [0.717, 1.165) is 12.8 Å². The van der Waals surface area contributed by atoms with Crippen LogP contribution < -0.4 is 10.1 Å². The molecule has 0 fully saturated rings. The Morgan fingerprint density at radius 2 is 2.00 bits per heavy atom. The Kier molecular flexibility index (Phi) is 5.47. The van der Waals surface area contributed by atoms with Crippen LogP contribution in [0.5, 0.6) is 5.75 Å². The van der Waals surface area contributed by atoms with Crippen molar-refractivity contribution in [3.63, 3.8) is 0 Å². The fourth-order valence-corrected chi connectivity index (χ4v) is 2.56. The fourth-order valence-electron chi connectivity index (χ4n) is 2.56. The lowest BCUT2D eigenvalue weighted by Gasteiger charge is -2.27. The van der Waals surface area contributed by atoms with Crippen molar-refractivity contribution < 1.29 is 14.6 Å². The van der Waals surface area contributed by atoms with Gasteiger partial charge in [0.25, 0.3) is 5.91 Å². The van der Waals surface area contributed by atoms with Crippen LogP contribution in [0.25, 0.3) is 0 Å². The van der Waals surface area contributed by atoms with Gasteiger partial charge in [-0.3, -0.25) is 4.79 Å². The van der Waals surface area contributed by atoms with Crippen molar-refractivity contribution in [3.05, 3.63) is 42.0 Å². The predicted octanol–water partition coefficient (Wildman–Crippen LogP) is 2.95. The maximum absolute atomic E-state index is 11.9. The Bertz CT molecular complexity index is 557. The summed E-state index contributed by atoms with van der Waals surface area (Å²) in [6.07, 6.45) is 6.36. The molecule has 2 N–H and O–H groups in total. The molecule has 1 aromatic carbocycles. The molecule has 23 heavy (non-hydrogen) atoms. The third-order valence-corrected chi connectivity index (χ3v) is 4.09. The minimum atomic E-state index is -0.914. The molecule has 1 aromatic rings. The highest BCUT2D eigenvalue weighted by atomic mass is 16.5. The Labute approximate surface area is 138 Å². The van der Waals surface area contributed by atoms with Crippen LogP contribution in [0, 0.1) is 0 Å². The Morgan fingerprint density at radius 3 is 2.57 bits per heavy atom. The van der Waals surface area contributed by atoms with Crippen LogP contribution in [0.3, 0.4) is 0 Å². The van der Waals surface area contributed by atoms with Crippen LogP contribution in [-0.2, 0) is 10.2 Å². The molecular weight excluding hydrogens is 290 g/mol. The number of amides is 1. The number of hydrogen-bond acceptors (Lipinski definition) is 3. The monoisotopic (exact) mass is 317 g/mol. The maximum atomic E-state index is 11.9. The fraction of sp³-hybridized carbons (Fsp3) is 0.526. The molecule has 0 saturated heterocycles. The van der Waals surface area contributed by atoms with Gasteiger partial charge in [0.15, 0.2) is 6.61 Å². The largest absolute Gasteiger partial charge is 0.484 e. The second-order valence-electron chi connectivity index (χ2n) is 7.24. The first-order valence-corrected chi connectivity index (χ1v) is 8.19. The van der Waals surface area contributed by atoms with Crippen molar-refractivity contribution in [2.45, 2.75) is 51.0 Å². The molecule has 126 valence electrons. The molecule has 4 heteroatoms. The average Bonchev–Trinajstić information content (AvgIpc) is 2.51. The van der Waals surface area contributed by atoms with Crippen LogP contribution in [0.15, 0.2) is 36.4 Å². The highest BCUT2D eigenvalue weighted by Gasteiger charge is 2.25. The van der Waals surface area contributed by atoms with Crippen molar-refractivity contribution in [1.29, 1.82) is 0 Å². The summed E-state index contributed by atoms with van der Waals surface area (Å²) in [6.45, 7) is 6.64. The van der Waals surface area contributed by atoms with Gasteiger partial charge in [0, 0.05) is 0 Å². The zero-order valence-corrected chi connectivity index (χ0v) is 14.3. The van der Waals surface area contributed by atoms with Gasteiger partial charge in [-0.05, 0) is 42.4 Å². The molecule has 1 aliphatic rings. The van der Waals surface area contributed by atoms with E-state index in [2.05, 4.69) is 26.1 Å². The van der Waals surface area contributed by atoms with Crippen LogP contribution in [0.2, 0.25) is 0 Å². The van der Waals surface area contributed by atoms with E-state index in [0.29, 0.717) is 12.2 Å². The highest BCUT2D eigenvalue weighted by Crippen LogP contribution is 2.24. The summed E-state index contributed by atoms with van der Waals surface area (Å²) in [5.74, 6) is 0.446. The van der Waals surface area contributed by atoms with E-state index in [4.69, 9.17) is 4.74 Å². The number of carbonyl (C=O) groups is 1. The Morgan fingerprint density at radius 1 is 1.30 bits per heavy atom. The number of rotatable bonds is 5. The van der Waals surface area contributed by atoms with Crippen LogP contribution >= 0.6 is 0 Å². The van der Waals surface area contributed by atoms with E-state index < -0.39 is 5.60 Å². The number of nitrogens with one attached hydrogen (secondary N) is 1. The smallest absolute Gasteiger partial charge is 0.258 e. The first-order valence-electron chi connectivity index (χ1n) is 8.19. The molecule has 4 nitrogen and oxygen atoms in total. The molecular formula is C19H27NO3. The summed E-state index contributed by atoms with van der Waals surface area (Å²) < 4.78 is 5.50. The van der Waals surface area contributed by atoms with Gasteiger partial charge < -0.3 is 15.2 Å². The topological polar surface area (TPSA) is 58.6 Å². The van der Waals surface area contributed by atoms with Crippen molar-refractivity contribution >= 4 is 5.91 Å². The van der Waals surface area contributed by atoms with Crippen molar-refractivity contribution in [2.24, 2.45) is 0 Å². The number of allylic oxidation sites excluding steroid dienone is 1. The lowest BCUT2D eigenvalue weighted by atomic mass is 9.87. The minimum Gasteiger partial charge on any atom is -0.484 e. The number of carbonyl (C=O) groups excluding carboxylic acids is 1. The standard InChI is InChI=1S/C19H27NO3/c1-18(2,3)15-7-9-16(10-8-15)23-13-17(21)20-14-19(22)11-5-4-6-12-19/h5,7-11,22H,4,6,12-14H2,1-3H3,(H,20,21). The van der Waals surface area contributed by atoms with Gasteiger partial charge in [-0.2, -0.15) is 0 Å². The predicted molar refractivity (Wildman–Crippen MR) is 91.6 cm³/mol. The van der Waals surface area contributed by atoms with Gasteiger partial charge >= 0.3 is 0 Å². The highest BCUT2D eigenvalue weighted by molar-refractivity contribution is 5.77. The molecule has 1 unspecified atom stereocenters. The number of benzene rings is 1. The molecule has 0 saturated carbocycles. The van der Waals surface area contributed by atoms with E-state index in [1.165, 1.54) is 5.56 Å². The average molecular weight is 317 g/mol. The van der Waals surface area contributed by atoms with E-state index in [1.807, 2.05) is 30.3 Å². The molecule has 0 aromatic heterocycles. The minimum absolute atomic E-state index is 0.0470. The van der Waals surface area contributed by atoms with Gasteiger partial charge in [-0.1, -0.05) is 45.1 Å². The number of ether oxygens (including phenoxy) is 1. The Hall–Kier alpha value is -1.81. The lowest BCUT2D eigenvalue weighted by molar-refractivity contribution is -0.124. The Balaban J connectivity index is 1.78. The van der Waals surface area contributed by atoms with Gasteiger partial charge in [-0.15, -0.1) is 0 Å². The van der Waals surface area contributed by atoms with Gasteiger partial charge in [-0.25, -0.2) is 0 Å². The maximum Gasteiger partial charge on any atom is 0.258 e. The van der Waals surface area contributed by atoms with Gasteiger partial charge in [0.2, 0.25) is 0 Å². The molecule has 0 spiro atoms. The molecule has 1 amide bonds. The van der Waals surface area contributed by atoms with E-state index in [-0.39, 0.29) is 24.5 Å². The molecule has 0 bridgehead atoms. The molecule has 0 radical (unpaired) electrons. The zero-order valence-electron chi connectivity index (χ0n) is 14.3. The quantitative estimate of drug-likeness (QED) is 0.821. The SMILES string of the molecule is CC(C)(C)c1ccc(OCC(=O)NCC2(O)C=CCCC2)cc1. The van der Waals surface area contributed by atoms with Crippen molar-refractivity contribution in [3.8, 4) is 5.75 Å². The van der Waals surface area contributed by atoms with Crippen LogP contribution in [0.1, 0.15) is 45.6 Å².